The van der Waals surface area contributed by atoms with Crippen molar-refractivity contribution < 1.29 is 0 Å². The monoisotopic (exact) mass is 154 g/mol. The SMILES string of the molecule is CC(C)C1C(C)C1C(C)(C)C. The Hall–Kier alpha value is 0. The van der Waals surface area contributed by atoms with Gasteiger partial charge < -0.3 is 0 Å². The van der Waals surface area contributed by atoms with Gasteiger partial charge in [-0.05, 0) is 29.1 Å². The van der Waals surface area contributed by atoms with Crippen molar-refractivity contribution >= 4 is 0 Å². The van der Waals surface area contributed by atoms with E-state index in [1.165, 1.54) is 0 Å². The van der Waals surface area contributed by atoms with Gasteiger partial charge in [-0.25, -0.2) is 0 Å². The quantitative estimate of drug-likeness (QED) is 0.541. The molecule has 0 aromatic rings. The average Bonchev–Trinajstić information content (AvgIpc) is 2.38. The summed E-state index contributed by atoms with van der Waals surface area (Å²) in [4.78, 5) is 0. The van der Waals surface area contributed by atoms with Crippen LogP contribution in [0.25, 0.3) is 0 Å². The Kier molecular flexibility index (Phi) is 2.07. The van der Waals surface area contributed by atoms with E-state index in [9.17, 15) is 0 Å². The molecule has 0 aliphatic heterocycles. The van der Waals surface area contributed by atoms with Gasteiger partial charge in [-0.15, -0.1) is 0 Å². The van der Waals surface area contributed by atoms with E-state index in [2.05, 4.69) is 41.5 Å². The fourth-order valence-corrected chi connectivity index (χ4v) is 2.88. The zero-order valence-electron chi connectivity index (χ0n) is 8.81. The molecule has 1 saturated carbocycles. The van der Waals surface area contributed by atoms with Gasteiger partial charge in [0.25, 0.3) is 0 Å². The molecule has 0 amide bonds. The van der Waals surface area contributed by atoms with Gasteiger partial charge >= 0.3 is 0 Å². The van der Waals surface area contributed by atoms with E-state index in [1.54, 1.807) is 0 Å². The molecule has 1 aliphatic carbocycles. The highest BCUT2D eigenvalue weighted by Gasteiger charge is 2.53. The minimum Gasteiger partial charge on any atom is -0.0625 e. The molecule has 1 fully saturated rings. The van der Waals surface area contributed by atoms with Crippen LogP contribution in [0.4, 0.5) is 0 Å². The van der Waals surface area contributed by atoms with Crippen LogP contribution in [0, 0.1) is 29.1 Å². The van der Waals surface area contributed by atoms with E-state index in [0.29, 0.717) is 5.41 Å². The number of hydrogen-bond acceptors (Lipinski definition) is 0. The minimum atomic E-state index is 0.536. The van der Waals surface area contributed by atoms with Gasteiger partial charge in [-0.3, -0.25) is 0 Å². The molecule has 11 heavy (non-hydrogen) atoms. The van der Waals surface area contributed by atoms with E-state index >= 15 is 0 Å². The molecule has 0 saturated heterocycles. The Bertz CT molecular complexity index is 139. The molecular formula is C11H22. The van der Waals surface area contributed by atoms with Gasteiger partial charge in [0.2, 0.25) is 0 Å². The molecule has 0 aromatic carbocycles. The summed E-state index contributed by atoms with van der Waals surface area (Å²) in [6.07, 6.45) is 0. The van der Waals surface area contributed by atoms with Crippen LogP contribution in [0.15, 0.2) is 0 Å². The van der Waals surface area contributed by atoms with Crippen molar-refractivity contribution in [1.82, 2.24) is 0 Å². The summed E-state index contributed by atoms with van der Waals surface area (Å²) in [7, 11) is 0. The molecule has 3 atom stereocenters. The van der Waals surface area contributed by atoms with Crippen molar-refractivity contribution in [2.45, 2.75) is 41.5 Å². The average molecular weight is 154 g/mol. The molecular weight excluding hydrogens is 132 g/mol. The minimum absolute atomic E-state index is 0.536. The van der Waals surface area contributed by atoms with Crippen LogP contribution in [0.3, 0.4) is 0 Å². The molecule has 0 spiro atoms. The molecule has 0 heteroatoms. The van der Waals surface area contributed by atoms with Crippen LogP contribution in [-0.2, 0) is 0 Å². The molecule has 0 N–H and O–H groups in total. The van der Waals surface area contributed by atoms with Gasteiger partial charge in [-0.1, -0.05) is 41.5 Å². The Labute approximate surface area is 71.4 Å². The van der Waals surface area contributed by atoms with Gasteiger partial charge in [-0.2, -0.15) is 0 Å². The van der Waals surface area contributed by atoms with Crippen molar-refractivity contribution in [3.63, 3.8) is 0 Å². The first-order valence-electron chi connectivity index (χ1n) is 4.85. The fourth-order valence-electron chi connectivity index (χ4n) is 2.88. The van der Waals surface area contributed by atoms with Gasteiger partial charge in [0, 0.05) is 0 Å². The predicted molar refractivity (Wildman–Crippen MR) is 50.4 cm³/mol. The molecule has 0 radical (unpaired) electrons. The van der Waals surface area contributed by atoms with Crippen LogP contribution in [0.5, 0.6) is 0 Å². The van der Waals surface area contributed by atoms with E-state index < -0.39 is 0 Å². The van der Waals surface area contributed by atoms with E-state index in [0.717, 1.165) is 23.7 Å². The molecule has 0 bridgehead atoms. The molecule has 0 aromatic heterocycles. The lowest BCUT2D eigenvalue weighted by molar-refractivity contribution is 0.304. The third-order valence-electron chi connectivity index (χ3n) is 3.22. The molecule has 1 aliphatic rings. The van der Waals surface area contributed by atoms with Crippen LogP contribution in [0.2, 0.25) is 0 Å². The van der Waals surface area contributed by atoms with Gasteiger partial charge in [0.15, 0.2) is 0 Å². The first-order valence-corrected chi connectivity index (χ1v) is 4.85. The summed E-state index contributed by atoms with van der Waals surface area (Å²) in [5.41, 5.74) is 0.536. The first-order chi connectivity index (χ1) is 4.85. The van der Waals surface area contributed by atoms with E-state index in [-0.39, 0.29) is 0 Å². The Morgan fingerprint density at radius 1 is 1.09 bits per heavy atom. The second-order valence-corrected chi connectivity index (χ2v) is 5.57. The third-order valence-corrected chi connectivity index (χ3v) is 3.22. The Morgan fingerprint density at radius 3 is 1.64 bits per heavy atom. The van der Waals surface area contributed by atoms with Crippen LogP contribution < -0.4 is 0 Å². The third kappa shape index (κ3) is 1.60. The topological polar surface area (TPSA) is 0 Å². The van der Waals surface area contributed by atoms with Crippen LogP contribution in [-0.4, -0.2) is 0 Å². The number of hydrogen-bond donors (Lipinski definition) is 0. The van der Waals surface area contributed by atoms with Crippen LogP contribution in [0.1, 0.15) is 41.5 Å². The van der Waals surface area contributed by atoms with Gasteiger partial charge in [0.1, 0.15) is 0 Å². The maximum Gasteiger partial charge on any atom is -0.0303 e. The molecule has 1 rings (SSSR count). The van der Waals surface area contributed by atoms with Crippen LogP contribution >= 0.6 is 0 Å². The molecule has 0 heterocycles. The Balaban J connectivity index is 2.55. The summed E-state index contributed by atoms with van der Waals surface area (Å²) in [6.45, 7) is 14.2. The lowest BCUT2D eigenvalue weighted by Gasteiger charge is -2.19. The second kappa shape index (κ2) is 2.50. The highest BCUT2D eigenvalue weighted by Crippen LogP contribution is 2.58. The Morgan fingerprint density at radius 2 is 1.55 bits per heavy atom. The lowest BCUT2D eigenvalue weighted by atomic mass is 9.86. The first kappa shape index (κ1) is 9.09. The normalized spacial score (nSPS) is 37.9. The van der Waals surface area contributed by atoms with Gasteiger partial charge in [0.05, 0.1) is 0 Å². The standard InChI is InChI=1S/C11H22/c1-7(2)9-8(3)10(9)11(4,5)6/h7-10H,1-6H3. The molecule has 66 valence electrons. The fraction of sp³-hybridized carbons (Fsp3) is 1.00. The predicted octanol–water partition coefficient (Wildman–Crippen LogP) is 3.57. The summed E-state index contributed by atoms with van der Waals surface area (Å²) in [6, 6.07) is 0. The summed E-state index contributed by atoms with van der Waals surface area (Å²) in [5.74, 6) is 3.82. The largest absolute Gasteiger partial charge is 0.0625 e. The zero-order valence-corrected chi connectivity index (χ0v) is 8.81. The zero-order chi connectivity index (χ0) is 8.81. The van der Waals surface area contributed by atoms with E-state index in [1.807, 2.05) is 0 Å². The highest BCUT2D eigenvalue weighted by atomic mass is 14.6. The van der Waals surface area contributed by atoms with E-state index in [4.69, 9.17) is 0 Å². The van der Waals surface area contributed by atoms with Crippen molar-refractivity contribution in [2.24, 2.45) is 29.1 Å². The number of rotatable bonds is 1. The van der Waals surface area contributed by atoms with Crippen molar-refractivity contribution in [3.05, 3.63) is 0 Å². The summed E-state index contributed by atoms with van der Waals surface area (Å²) < 4.78 is 0. The second-order valence-electron chi connectivity index (χ2n) is 5.57. The molecule has 3 unspecified atom stereocenters. The van der Waals surface area contributed by atoms with Crippen molar-refractivity contribution in [3.8, 4) is 0 Å². The van der Waals surface area contributed by atoms with Crippen molar-refractivity contribution in [2.75, 3.05) is 0 Å². The maximum atomic E-state index is 2.40. The summed E-state index contributed by atoms with van der Waals surface area (Å²) in [5, 5.41) is 0. The maximum absolute atomic E-state index is 2.40. The highest BCUT2D eigenvalue weighted by molar-refractivity contribution is 5.01. The lowest BCUT2D eigenvalue weighted by Crippen LogP contribution is -2.11. The van der Waals surface area contributed by atoms with Crippen molar-refractivity contribution in [1.29, 1.82) is 0 Å². The summed E-state index contributed by atoms with van der Waals surface area (Å²) >= 11 is 0. The molecule has 0 nitrogen and oxygen atoms in total. The smallest absolute Gasteiger partial charge is 0.0303 e.